The SMILES string of the molecule is C=C(C#N)C(=O)C1CCOC1. The Bertz CT molecular complexity index is 221. The third kappa shape index (κ3) is 1.66. The van der Waals surface area contributed by atoms with E-state index in [2.05, 4.69) is 6.58 Å². The second kappa shape index (κ2) is 3.31. The van der Waals surface area contributed by atoms with Gasteiger partial charge in [0.25, 0.3) is 0 Å². The van der Waals surface area contributed by atoms with Gasteiger partial charge >= 0.3 is 0 Å². The number of Topliss-reactive ketones (excluding diaryl/α,β-unsaturated/α-hetero) is 1. The molecule has 0 saturated carbocycles. The Labute approximate surface area is 65.3 Å². The maximum atomic E-state index is 11.2. The maximum absolute atomic E-state index is 11.2. The second-order valence-corrected chi connectivity index (χ2v) is 2.52. The van der Waals surface area contributed by atoms with Crippen molar-refractivity contribution in [3.05, 3.63) is 12.2 Å². The summed E-state index contributed by atoms with van der Waals surface area (Å²) >= 11 is 0. The van der Waals surface area contributed by atoms with E-state index in [0.29, 0.717) is 13.2 Å². The molecule has 1 unspecified atom stereocenters. The summed E-state index contributed by atoms with van der Waals surface area (Å²) in [5.41, 5.74) is 0.0421. The Morgan fingerprint density at radius 3 is 2.91 bits per heavy atom. The van der Waals surface area contributed by atoms with Crippen molar-refractivity contribution in [2.24, 2.45) is 5.92 Å². The molecule has 58 valence electrons. The second-order valence-electron chi connectivity index (χ2n) is 2.52. The molecular formula is C8H9NO2. The van der Waals surface area contributed by atoms with Crippen LogP contribution in [0.5, 0.6) is 0 Å². The van der Waals surface area contributed by atoms with E-state index < -0.39 is 0 Å². The molecule has 3 heteroatoms. The van der Waals surface area contributed by atoms with Crippen molar-refractivity contribution >= 4 is 5.78 Å². The smallest absolute Gasteiger partial charge is 0.178 e. The highest BCUT2D eigenvalue weighted by Gasteiger charge is 2.24. The monoisotopic (exact) mass is 151 g/mol. The number of rotatable bonds is 2. The first-order valence-corrected chi connectivity index (χ1v) is 3.46. The number of carbonyl (C=O) groups excluding carboxylic acids is 1. The van der Waals surface area contributed by atoms with Crippen molar-refractivity contribution in [1.29, 1.82) is 5.26 Å². The molecule has 0 amide bonds. The van der Waals surface area contributed by atoms with Crippen molar-refractivity contribution in [3.63, 3.8) is 0 Å². The number of ether oxygens (including phenoxy) is 1. The number of allylic oxidation sites excluding steroid dienone is 1. The number of hydrogen-bond acceptors (Lipinski definition) is 3. The molecule has 0 radical (unpaired) electrons. The van der Waals surface area contributed by atoms with Crippen molar-refractivity contribution in [3.8, 4) is 6.07 Å². The van der Waals surface area contributed by atoms with E-state index in [1.807, 2.05) is 0 Å². The van der Waals surface area contributed by atoms with Crippen LogP contribution in [0, 0.1) is 17.2 Å². The molecule has 0 aliphatic carbocycles. The minimum atomic E-state index is -0.162. The van der Waals surface area contributed by atoms with Gasteiger partial charge in [-0.1, -0.05) is 6.58 Å². The molecule has 3 nitrogen and oxygen atoms in total. The average Bonchev–Trinajstić information content (AvgIpc) is 2.53. The Balaban J connectivity index is 2.54. The van der Waals surface area contributed by atoms with Crippen molar-refractivity contribution < 1.29 is 9.53 Å². The number of ketones is 1. The first kappa shape index (κ1) is 7.96. The lowest BCUT2D eigenvalue weighted by molar-refractivity contribution is -0.118. The van der Waals surface area contributed by atoms with E-state index in [-0.39, 0.29) is 17.3 Å². The Kier molecular flexibility index (Phi) is 2.40. The highest BCUT2D eigenvalue weighted by molar-refractivity contribution is 6.00. The highest BCUT2D eigenvalue weighted by Crippen LogP contribution is 2.16. The molecule has 0 aromatic carbocycles. The fourth-order valence-corrected chi connectivity index (χ4v) is 1.04. The van der Waals surface area contributed by atoms with E-state index in [9.17, 15) is 4.79 Å². The summed E-state index contributed by atoms with van der Waals surface area (Å²) in [5, 5.41) is 8.35. The van der Waals surface area contributed by atoms with Crippen LogP contribution in [0.25, 0.3) is 0 Å². The minimum Gasteiger partial charge on any atom is -0.381 e. The first-order chi connectivity index (χ1) is 5.25. The molecule has 0 aromatic rings. The lowest BCUT2D eigenvalue weighted by Gasteiger charge is -2.01. The van der Waals surface area contributed by atoms with Crippen LogP contribution >= 0.6 is 0 Å². The van der Waals surface area contributed by atoms with Crippen LogP contribution in [0.2, 0.25) is 0 Å². The standard InChI is InChI=1S/C8H9NO2/c1-6(4-9)8(10)7-2-3-11-5-7/h7H,1-3,5H2. The molecule has 0 N–H and O–H groups in total. The molecule has 1 atom stereocenters. The zero-order valence-corrected chi connectivity index (χ0v) is 6.17. The predicted molar refractivity (Wildman–Crippen MR) is 38.7 cm³/mol. The van der Waals surface area contributed by atoms with Gasteiger partial charge in [-0.25, -0.2) is 0 Å². The molecular weight excluding hydrogens is 142 g/mol. The van der Waals surface area contributed by atoms with Gasteiger partial charge in [-0.05, 0) is 6.42 Å². The van der Waals surface area contributed by atoms with E-state index in [0.717, 1.165) is 6.42 Å². The number of nitriles is 1. The molecule has 11 heavy (non-hydrogen) atoms. The largest absolute Gasteiger partial charge is 0.381 e. The molecule has 1 aliphatic heterocycles. The van der Waals surface area contributed by atoms with Gasteiger partial charge in [0.1, 0.15) is 6.07 Å². The summed E-state index contributed by atoms with van der Waals surface area (Å²) in [7, 11) is 0. The van der Waals surface area contributed by atoms with Gasteiger partial charge < -0.3 is 4.74 Å². The van der Waals surface area contributed by atoms with E-state index in [1.54, 1.807) is 6.07 Å². The van der Waals surface area contributed by atoms with Gasteiger partial charge in [-0.2, -0.15) is 5.26 Å². The van der Waals surface area contributed by atoms with E-state index >= 15 is 0 Å². The van der Waals surface area contributed by atoms with Gasteiger partial charge in [-0.3, -0.25) is 4.79 Å². The molecule has 1 rings (SSSR count). The van der Waals surface area contributed by atoms with Crippen LogP contribution in [-0.2, 0) is 9.53 Å². The summed E-state index contributed by atoms with van der Waals surface area (Å²) in [6, 6.07) is 1.74. The van der Waals surface area contributed by atoms with Crippen LogP contribution in [0.4, 0.5) is 0 Å². The number of nitrogens with zero attached hydrogens (tertiary/aromatic N) is 1. The molecule has 0 aromatic heterocycles. The highest BCUT2D eigenvalue weighted by atomic mass is 16.5. The van der Waals surface area contributed by atoms with Crippen LogP contribution in [-0.4, -0.2) is 19.0 Å². The zero-order chi connectivity index (χ0) is 8.27. The van der Waals surface area contributed by atoms with Gasteiger partial charge in [0.2, 0.25) is 0 Å². The Hall–Kier alpha value is -1.14. The van der Waals surface area contributed by atoms with Gasteiger partial charge in [0, 0.05) is 12.5 Å². The van der Waals surface area contributed by atoms with Crippen molar-refractivity contribution in [2.75, 3.05) is 13.2 Å². The quantitative estimate of drug-likeness (QED) is 0.430. The third-order valence-electron chi connectivity index (χ3n) is 1.73. The topological polar surface area (TPSA) is 50.1 Å². The lowest BCUT2D eigenvalue weighted by Crippen LogP contribution is -2.15. The molecule has 0 bridgehead atoms. The molecule has 1 aliphatic rings. The van der Waals surface area contributed by atoms with E-state index in [4.69, 9.17) is 10.00 Å². The van der Waals surface area contributed by atoms with Crippen LogP contribution < -0.4 is 0 Å². The molecule has 1 fully saturated rings. The van der Waals surface area contributed by atoms with Gasteiger partial charge in [-0.15, -0.1) is 0 Å². The summed E-state index contributed by atoms with van der Waals surface area (Å²) < 4.78 is 5.00. The number of hydrogen-bond donors (Lipinski definition) is 0. The number of carbonyl (C=O) groups is 1. The fraction of sp³-hybridized carbons (Fsp3) is 0.500. The zero-order valence-electron chi connectivity index (χ0n) is 6.17. The Morgan fingerprint density at radius 2 is 2.45 bits per heavy atom. The summed E-state index contributed by atoms with van der Waals surface area (Å²) in [4.78, 5) is 11.2. The summed E-state index contributed by atoms with van der Waals surface area (Å²) in [6.07, 6.45) is 0.722. The van der Waals surface area contributed by atoms with E-state index in [1.165, 1.54) is 0 Å². The summed E-state index contributed by atoms with van der Waals surface area (Å²) in [6.45, 7) is 4.42. The lowest BCUT2D eigenvalue weighted by atomic mass is 9.99. The average molecular weight is 151 g/mol. The normalized spacial score (nSPS) is 22.6. The van der Waals surface area contributed by atoms with Crippen molar-refractivity contribution in [1.82, 2.24) is 0 Å². The molecule has 1 saturated heterocycles. The van der Waals surface area contributed by atoms with Crippen molar-refractivity contribution in [2.45, 2.75) is 6.42 Å². The fourth-order valence-electron chi connectivity index (χ4n) is 1.04. The minimum absolute atomic E-state index is 0.0421. The maximum Gasteiger partial charge on any atom is 0.178 e. The van der Waals surface area contributed by atoms with Gasteiger partial charge in [0.15, 0.2) is 5.78 Å². The van der Waals surface area contributed by atoms with Crippen LogP contribution in [0.3, 0.4) is 0 Å². The molecule has 0 spiro atoms. The van der Waals surface area contributed by atoms with Crippen LogP contribution in [0.1, 0.15) is 6.42 Å². The molecule has 1 heterocycles. The first-order valence-electron chi connectivity index (χ1n) is 3.46. The Morgan fingerprint density at radius 1 is 1.73 bits per heavy atom. The third-order valence-corrected chi connectivity index (χ3v) is 1.73. The summed E-state index contributed by atoms with van der Waals surface area (Å²) in [5.74, 6) is -0.285. The van der Waals surface area contributed by atoms with Gasteiger partial charge in [0.05, 0.1) is 12.2 Å². The predicted octanol–water partition coefficient (Wildman–Crippen LogP) is 0.672. The van der Waals surface area contributed by atoms with Crippen LogP contribution in [0.15, 0.2) is 12.2 Å².